The van der Waals surface area contributed by atoms with Crippen LogP contribution in [-0.2, 0) is 0 Å². The summed E-state index contributed by atoms with van der Waals surface area (Å²) in [6, 6.07) is 9.62. The molecule has 2 heterocycles. The van der Waals surface area contributed by atoms with Crippen LogP contribution < -0.4 is 4.74 Å². The number of fused-ring (bicyclic) bond motifs is 1. The Morgan fingerprint density at radius 1 is 1.25 bits per heavy atom. The molecule has 98 valence electrons. The van der Waals surface area contributed by atoms with Crippen molar-refractivity contribution in [3.8, 4) is 17.7 Å². The van der Waals surface area contributed by atoms with Crippen molar-refractivity contribution < 1.29 is 9.13 Å². The summed E-state index contributed by atoms with van der Waals surface area (Å²) in [4.78, 5) is 4.24. The highest BCUT2D eigenvalue weighted by Crippen LogP contribution is 2.07. The zero-order valence-corrected chi connectivity index (χ0v) is 10.5. The Kier molecular flexibility index (Phi) is 3.29. The van der Waals surface area contributed by atoms with Gasteiger partial charge in [0, 0.05) is 23.9 Å². The first-order valence-electron chi connectivity index (χ1n) is 5.99. The van der Waals surface area contributed by atoms with Gasteiger partial charge in [-0.2, -0.15) is 10.1 Å². The molecule has 0 atom stereocenters. The summed E-state index contributed by atoms with van der Waals surface area (Å²) in [6.07, 6.45) is 3.42. The van der Waals surface area contributed by atoms with E-state index in [-0.39, 0.29) is 12.4 Å². The van der Waals surface area contributed by atoms with E-state index in [2.05, 4.69) is 21.9 Å². The third kappa shape index (κ3) is 2.75. The Labute approximate surface area is 114 Å². The van der Waals surface area contributed by atoms with E-state index in [9.17, 15) is 4.39 Å². The molecular weight excluding hydrogens is 257 g/mol. The number of ether oxygens (including phenoxy) is 1. The summed E-state index contributed by atoms with van der Waals surface area (Å²) < 4.78 is 20.0. The Morgan fingerprint density at radius 3 is 3.10 bits per heavy atom. The molecule has 1 aromatic carbocycles. The highest BCUT2D eigenvalue weighted by Gasteiger charge is 1.98. The predicted octanol–water partition coefficient (Wildman–Crippen LogP) is 2.30. The van der Waals surface area contributed by atoms with E-state index in [4.69, 9.17) is 4.74 Å². The summed E-state index contributed by atoms with van der Waals surface area (Å²) >= 11 is 0. The molecule has 0 saturated heterocycles. The maximum Gasteiger partial charge on any atom is 0.217 e. The van der Waals surface area contributed by atoms with Crippen LogP contribution in [-0.4, -0.2) is 21.2 Å². The molecule has 3 aromatic rings. The van der Waals surface area contributed by atoms with Crippen LogP contribution in [0.2, 0.25) is 0 Å². The van der Waals surface area contributed by atoms with Crippen LogP contribution in [0.25, 0.3) is 5.65 Å². The fourth-order valence-electron chi connectivity index (χ4n) is 1.69. The fraction of sp³-hybridized carbons (Fsp3) is 0.0667. The van der Waals surface area contributed by atoms with Crippen LogP contribution in [0.3, 0.4) is 0 Å². The quantitative estimate of drug-likeness (QED) is 0.669. The van der Waals surface area contributed by atoms with Gasteiger partial charge in [0.25, 0.3) is 0 Å². The van der Waals surface area contributed by atoms with Crippen molar-refractivity contribution in [2.75, 3.05) is 6.61 Å². The molecule has 3 rings (SSSR count). The zero-order valence-electron chi connectivity index (χ0n) is 10.5. The predicted molar refractivity (Wildman–Crippen MR) is 71.8 cm³/mol. The second-order valence-electron chi connectivity index (χ2n) is 4.00. The lowest BCUT2D eigenvalue weighted by Gasteiger charge is -2.00. The summed E-state index contributed by atoms with van der Waals surface area (Å²) in [5.41, 5.74) is 1.33. The molecule has 0 aliphatic rings. The van der Waals surface area contributed by atoms with E-state index in [1.165, 1.54) is 12.1 Å². The maximum atomic E-state index is 12.9. The van der Waals surface area contributed by atoms with Crippen LogP contribution >= 0.6 is 0 Å². The zero-order chi connectivity index (χ0) is 13.8. The maximum absolute atomic E-state index is 12.9. The van der Waals surface area contributed by atoms with E-state index in [0.29, 0.717) is 17.1 Å². The number of hydrogen-bond acceptors (Lipinski definition) is 3. The molecule has 0 unspecified atom stereocenters. The van der Waals surface area contributed by atoms with Crippen LogP contribution in [0.15, 0.2) is 48.8 Å². The first-order valence-corrected chi connectivity index (χ1v) is 5.99. The van der Waals surface area contributed by atoms with Gasteiger partial charge in [-0.25, -0.2) is 8.91 Å². The molecule has 0 radical (unpaired) electrons. The molecule has 0 aliphatic carbocycles. The van der Waals surface area contributed by atoms with Gasteiger partial charge in [0.2, 0.25) is 5.88 Å². The first kappa shape index (κ1) is 12.2. The third-order valence-corrected chi connectivity index (χ3v) is 2.58. The largest absolute Gasteiger partial charge is 0.464 e. The molecular formula is C15H10FN3O. The number of halogens is 1. The van der Waals surface area contributed by atoms with E-state index >= 15 is 0 Å². The Morgan fingerprint density at radius 2 is 2.20 bits per heavy atom. The van der Waals surface area contributed by atoms with Gasteiger partial charge >= 0.3 is 0 Å². The van der Waals surface area contributed by atoms with Crippen LogP contribution in [0.4, 0.5) is 4.39 Å². The number of benzene rings is 1. The van der Waals surface area contributed by atoms with Crippen LogP contribution in [0.1, 0.15) is 5.56 Å². The molecule has 0 fully saturated rings. The van der Waals surface area contributed by atoms with Crippen molar-refractivity contribution in [3.05, 3.63) is 60.2 Å². The molecule has 20 heavy (non-hydrogen) atoms. The summed E-state index contributed by atoms with van der Waals surface area (Å²) in [5.74, 6) is 5.82. The fourth-order valence-corrected chi connectivity index (χ4v) is 1.69. The summed E-state index contributed by atoms with van der Waals surface area (Å²) in [7, 11) is 0. The normalized spacial score (nSPS) is 10.1. The van der Waals surface area contributed by atoms with Gasteiger partial charge in [0.1, 0.15) is 5.82 Å². The molecule has 0 aliphatic heterocycles. The number of rotatable bonds is 2. The van der Waals surface area contributed by atoms with Gasteiger partial charge in [-0.15, -0.1) is 0 Å². The van der Waals surface area contributed by atoms with Crippen LogP contribution in [0.5, 0.6) is 5.88 Å². The van der Waals surface area contributed by atoms with Crippen molar-refractivity contribution >= 4 is 5.65 Å². The van der Waals surface area contributed by atoms with Crippen LogP contribution in [0, 0.1) is 17.7 Å². The lowest BCUT2D eigenvalue weighted by atomic mass is 10.2. The molecule has 5 heteroatoms. The van der Waals surface area contributed by atoms with Gasteiger partial charge in [-0.1, -0.05) is 17.9 Å². The molecule has 2 aromatic heterocycles. The Hall–Kier alpha value is -2.87. The molecule has 0 N–H and O–H groups in total. The molecule has 0 bridgehead atoms. The summed E-state index contributed by atoms with van der Waals surface area (Å²) in [6.45, 7) is 0.188. The molecule has 0 spiro atoms. The highest BCUT2D eigenvalue weighted by atomic mass is 19.1. The van der Waals surface area contributed by atoms with Crippen molar-refractivity contribution in [1.82, 2.24) is 14.6 Å². The minimum Gasteiger partial charge on any atom is -0.464 e. The standard InChI is InChI=1S/C15H10FN3O/c16-13-5-1-3-12(11-13)4-2-10-20-15-7-9-19-14(18-15)6-8-17-19/h1,3,5-9,11H,10H2. The monoisotopic (exact) mass is 267 g/mol. The lowest BCUT2D eigenvalue weighted by Crippen LogP contribution is -1.98. The smallest absolute Gasteiger partial charge is 0.217 e. The van der Waals surface area contributed by atoms with Crippen molar-refractivity contribution in [1.29, 1.82) is 0 Å². The Bertz CT molecular complexity index is 801. The second kappa shape index (κ2) is 5.41. The first-order chi connectivity index (χ1) is 9.81. The molecule has 0 saturated carbocycles. The lowest BCUT2D eigenvalue weighted by molar-refractivity contribution is 0.355. The van der Waals surface area contributed by atoms with E-state index in [1.807, 2.05) is 0 Å². The van der Waals surface area contributed by atoms with E-state index in [0.717, 1.165) is 0 Å². The average Bonchev–Trinajstić information content (AvgIpc) is 2.91. The topological polar surface area (TPSA) is 39.4 Å². The molecule has 0 amide bonds. The molecule has 4 nitrogen and oxygen atoms in total. The van der Waals surface area contributed by atoms with Gasteiger partial charge in [-0.05, 0) is 18.2 Å². The van der Waals surface area contributed by atoms with Crippen molar-refractivity contribution in [2.24, 2.45) is 0 Å². The SMILES string of the molecule is Fc1cccc(C#CCOc2ccn3nccc3n2)c1. The minimum absolute atomic E-state index is 0.188. The average molecular weight is 267 g/mol. The minimum atomic E-state index is -0.300. The number of hydrogen-bond donors (Lipinski definition) is 0. The van der Waals surface area contributed by atoms with Gasteiger partial charge in [0.05, 0.1) is 6.20 Å². The van der Waals surface area contributed by atoms with Gasteiger partial charge in [-0.3, -0.25) is 0 Å². The van der Waals surface area contributed by atoms with E-state index < -0.39 is 0 Å². The van der Waals surface area contributed by atoms with Crippen molar-refractivity contribution in [2.45, 2.75) is 0 Å². The van der Waals surface area contributed by atoms with Gasteiger partial charge in [0.15, 0.2) is 12.3 Å². The van der Waals surface area contributed by atoms with Crippen molar-refractivity contribution in [3.63, 3.8) is 0 Å². The highest BCUT2D eigenvalue weighted by molar-refractivity contribution is 5.38. The third-order valence-electron chi connectivity index (χ3n) is 2.58. The van der Waals surface area contributed by atoms with Gasteiger partial charge < -0.3 is 4.74 Å². The van der Waals surface area contributed by atoms with E-state index in [1.54, 1.807) is 41.2 Å². The Balaban J connectivity index is 1.65. The number of aromatic nitrogens is 3. The number of nitrogens with zero attached hydrogens (tertiary/aromatic N) is 3. The second-order valence-corrected chi connectivity index (χ2v) is 4.00. The summed E-state index contributed by atoms with van der Waals surface area (Å²) in [5, 5.41) is 4.04.